The monoisotopic (exact) mass is 302 g/mol. The van der Waals surface area contributed by atoms with E-state index < -0.39 is 10.0 Å². The van der Waals surface area contributed by atoms with Crippen molar-refractivity contribution >= 4 is 15.9 Å². The van der Waals surface area contributed by atoms with Gasteiger partial charge in [0.15, 0.2) is 0 Å². The average molecular weight is 302 g/mol. The van der Waals surface area contributed by atoms with Gasteiger partial charge in [-0.25, -0.2) is 12.7 Å². The number of sulfonamides is 1. The molecule has 1 amide bonds. The third-order valence-electron chi connectivity index (χ3n) is 4.53. The number of piperidine rings is 2. The van der Waals surface area contributed by atoms with Crippen molar-refractivity contribution < 1.29 is 13.2 Å². The van der Waals surface area contributed by atoms with E-state index in [0.29, 0.717) is 31.8 Å². The molecule has 116 valence electrons. The first-order valence-corrected chi connectivity index (χ1v) is 9.31. The van der Waals surface area contributed by atoms with E-state index in [1.807, 2.05) is 4.90 Å². The van der Waals surface area contributed by atoms with Crippen LogP contribution >= 0.6 is 0 Å². The molecule has 2 heterocycles. The predicted octanol–water partition coefficient (Wildman–Crippen LogP) is 1.31. The molecule has 0 saturated carbocycles. The molecule has 2 rings (SSSR count). The first kappa shape index (κ1) is 15.8. The van der Waals surface area contributed by atoms with Gasteiger partial charge in [-0.05, 0) is 38.5 Å². The molecule has 5 nitrogen and oxygen atoms in total. The number of carbonyl (C=O) groups excluding carboxylic acids is 1. The quantitative estimate of drug-likeness (QED) is 0.790. The Morgan fingerprint density at radius 2 is 1.80 bits per heavy atom. The van der Waals surface area contributed by atoms with Crippen LogP contribution in [-0.4, -0.2) is 55.5 Å². The number of amides is 1. The molecule has 0 aromatic rings. The molecule has 0 unspecified atom stereocenters. The smallest absolute Gasteiger partial charge is 0.225 e. The minimum atomic E-state index is -3.10. The molecule has 2 fully saturated rings. The van der Waals surface area contributed by atoms with Crippen molar-refractivity contribution in [3.05, 3.63) is 0 Å². The van der Waals surface area contributed by atoms with Gasteiger partial charge < -0.3 is 4.90 Å². The molecule has 6 heteroatoms. The lowest BCUT2D eigenvalue weighted by Gasteiger charge is -2.36. The summed E-state index contributed by atoms with van der Waals surface area (Å²) in [6.45, 7) is 6.59. The Labute approximate surface area is 122 Å². The fourth-order valence-electron chi connectivity index (χ4n) is 3.21. The molecule has 0 aromatic heterocycles. The summed E-state index contributed by atoms with van der Waals surface area (Å²) in [6, 6.07) is 0. The Bertz CT molecular complexity index is 441. The van der Waals surface area contributed by atoms with Crippen LogP contribution < -0.4 is 0 Å². The van der Waals surface area contributed by atoms with E-state index in [0.717, 1.165) is 19.5 Å². The van der Waals surface area contributed by atoms with E-state index in [-0.39, 0.29) is 17.6 Å². The van der Waals surface area contributed by atoms with E-state index in [2.05, 4.69) is 6.92 Å². The Morgan fingerprint density at radius 3 is 2.35 bits per heavy atom. The van der Waals surface area contributed by atoms with Gasteiger partial charge in [-0.15, -0.1) is 0 Å². The molecular formula is C14H26N2O3S. The minimum absolute atomic E-state index is 0.0172. The van der Waals surface area contributed by atoms with Gasteiger partial charge in [0.1, 0.15) is 0 Å². The second-order valence-electron chi connectivity index (χ2n) is 6.11. The fourth-order valence-corrected chi connectivity index (χ4v) is 4.34. The van der Waals surface area contributed by atoms with Gasteiger partial charge in [0.2, 0.25) is 15.9 Å². The fraction of sp³-hybridized carbons (Fsp3) is 0.929. The highest BCUT2D eigenvalue weighted by Gasteiger charge is 2.33. The topological polar surface area (TPSA) is 57.7 Å². The van der Waals surface area contributed by atoms with Crippen LogP contribution in [0.25, 0.3) is 0 Å². The normalized spacial score (nSPS) is 26.7. The van der Waals surface area contributed by atoms with Crippen LogP contribution in [0.1, 0.15) is 39.5 Å². The van der Waals surface area contributed by atoms with Gasteiger partial charge in [0.25, 0.3) is 0 Å². The molecule has 2 aliphatic rings. The van der Waals surface area contributed by atoms with Crippen LogP contribution in [-0.2, 0) is 14.8 Å². The molecule has 2 aliphatic heterocycles. The molecule has 1 atom stereocenters. The van der Waals surface area contributed by atoms with E-state index in [1.165, 1.54) is 10.7 Å². The number of rotatable bonds is 3. The SMILES string of the molecule is CCS(=O)(=O)N1CCC(C(=O)N2CCC[C@@H](C)C2)CC1. The first-order valence-electron chi connectivity index (χ1n) is 7.70. The van der Waals surface area contributed by atoms with Gasteiger partial charge in [-0.3, -0.25) is 4.79 Å². The zero-order valence-electron chi connectivity index (χ0n) is 12.5. The number of likely N-dealkylation sites (tertiary alicyclic amines) is 1. The zero-order valence-corrected chi connectivity index (χ0v) is 13.4. The van der Waals surface area contributed by atoms with Gasteiger partial charge >= 0.3 is 0 Å². The summed E-state index contributed by atoms with van der Waals surface area (Å²) in [5.74, 6) is 0.997. The molecule has 0 aliphatic carbocycles. The van der Waals surface area contributed by atoms with Crippen molar-refractivity contribution in [3.8, 4) is 0 Å². The van der Waals surface area contributed by atoms with Crippen LogP contribution in [0.2, 0.25) is 0 Å². The van der Waals surface area contributed by atoms with Crippen molar-refractivity contribution in [1.29, 1.82) is 0 Å². The second-order valence-corrected chi connectivity index (χ2v) is 8.36. The Hall–Kier alpha value is -0.620. The third kappa shape index (κ3) is 3.52. The lowest BCUT2D eigenvalue weighted by molar-refractivity contribution is -0.138. The van der Waals surface area contributed by atoms with E-state index in [9.17, 15) is 13.2 Å². The van der Waals surface area contributed by atoms with E-state index in [1.54, 1.807) is 6.92 Å². The molecule has 2 saturated heterocycles. The predicted molar refractivity (Wildman–Crippen MR) is 78.7 cm³/mol. The molecule has 20 heavy (non-hydrogen) atoms. The van der Waals surface area contributed by atoms with Crippen molar-refractivity contribution in [2.24, 2.45) is 11.8 Å². The summed E-state index contributed by atoms with van der Waals surface area (Å²) in [4.78, 5) is 14.5. The highest BCUT2D eigenvalue weighted by molar-refractivity contribution is 7.89. The summed E-state index contributed by atoms with van der Waals surface area (Å²) in [5, 5.41) is 0. The van der Waals surface area contributed by atoms with Crippen molar-refractivity contribution in [3.63, 3.8) is 0 Å². The van der Waals surface area contributed by atoms with Crippen molar-refractivity contribution in [2.75, 3.05) is 31.9 Å². The van der Waals surface area contributed by atoms with Crippen LogP contribution in [0.3, 0.4) is 0 Å². The number of hydrogen-bond acceptors (Lipinski definition) is 3. The average Bonchev–Trinajstić information content (AvgIpc) is 2.46. The molecule has 0 bridgehead atoms. The van der Waals surface area contributed by atoms with Gasteiger partial charge in [-0.2, -0.15) is 0 Å². The second kappa shape index (κ2) is 6.43. The van der Waals surface area contributed by atoms with E-state index in [4.69, 9.17) is 0 Å². The summed E-state index contributed by atoms with van der Waals surface area (Å²) < 4.78 is 25.1. The lowest BCUT2D eigenvalue weighted by Crippen LogP contribution is -2.47. The molecule has 0 aromatic carbocycles. The van der Waals surface area contributed by atoms with Gasteiger partial charge in [-0.1, -0.05) is 6.92 Å². The Morgan fingerprint density at radius 1 is 1.15 bits per heavy atom. The maximum absolute atomic E-state index is 12.5. The largest absolute Gasteiger partial charge is 0.342 e. The number of nitrogens with zero attached hydrogens (tertiary/aromatic N) is 2. The molecule has 0 radical (unpaired) electrons. The Balaban J connectivity index is 1.89. The van der Waals surface area contributed by atoms with Crippen LogP contribution in [0.15, 0.2) is 0 Å². The van der Waals surface area contributed by atoms with Gasteiger partial charge in [0.05, 0.1) is 5.75 Å². The first-order chi connectivity index (χ1) is 9.44. The van der Waals surface area contributed by atoms with Crippen LogP contribution in [0.5, 0.6) is 0 Å². The highest BCUT2D eigenvalue weighted by Crippen LogP contribution is 2.24. The maximum atomic E-state index is 12.5. The molecular weight excluding hydrogens is 276 g/mol. The summed E-state index contributed by atoms with van der Waals surface area (Å²) in [5.41, 5.74) is 0. The minimum Gasteiger partial charge on any atom is -0.342 e. The van der Waals surface area contributed by atoms with Crippen molar-refractivity contribution in [2.45, 2.75) is 39.5 Å². The lowest BCUT2D eigenvalue weighted by atomic mass is 9.93. The standard InChI is InChI=1S/C14H26N2O3S/c1-3-20(18,19)16-9-6-13(7-10-16)14(17)15-8-4-5-12(2)11-15/h12-13H,3-11H2,1-2H3/t12-/m1/s1. The summed E-state index contributed by atoms with van der Waals surface area (Å²) in [7, 11) is -3.10. The summed E-state index contributed by atoms with van der Waals surface area (Å²) in [6.07, 6.45) is 3.64. The van der Waals surface area contributed by atoms with Crippen molar-refractivity contribution in [1.82, 2.24) is 9.21 Å². The van der Waals surface area contributed by atoms with Crippen LogP contribution in [0, 0.1) is 11.8 Å². The maximum Gasteiger partial charge on any atom is 0.225 e. The summed E-state index contributed by atoms with van der Waals surface area (Å²) >= 11 is 0. The third-order valence-corrected chi connectivity index (χ3v) is 6.41. The number of carbonyl (C=O) groups is 1. The zero-order chi connectivity index (χ0) is 14.8. The number of hydrogen-bond donors (Lipinski definition) is 0. The molecule has 0 spiro atoms. The van der Waals surface area contributed by atoms with Crippen LogP contribution in [0.4, 0.5) is 0 Å². The van der Waals surface area contributed by atoms with E-state index >= 15 is 0 Å². The van der Waals surface area contributed by atoms with Gasteiger partial charge in [0, 0.05) is 32.1 Å². The highest BCUT2D eigenvalue weighted by atomic mass is 32.2. The molecule has 0 N–H and O–H groups in total. The Kier molecular flexibility index (Phi) is 5.07.